The van der Waals surface area contributed by atoms with Gasteiger partial charge in [0.15, 0.2) is 6.61 Å². The zero-order valence-corrected chi connectivity index (χ0v) is 12.3. The Labute approximate surface area is 118 Å². The number of nitrogens with one attached hydrogen (secondary N) is 1. The number of fused-ring (bicyclic) bond motifs is 1. The molecule has 0 unspecified atom stereocenters. The minimum Gasteiger partial charge on any atom is -0.482 e. The Morgan fingerprint density at radius 3 is 2.70 bits per heavy atom. The molecule has 0 aromatic heterocycles. The standard InChI is InChI=1S/C15H20N2O3/c1-5-17-11-8-10(14(19)16-15(2,3)4)6-7-12(11)20-9-13(17)18/h6-8H,5,9H2,1-4H3,(H,16,19). The fourth-order valence-electron chi connectivity index (χ4n) is 2.10. The average Bonchev–Trinajstić information content (AvgIpc) is 2.36. The van der Waals surface area contributed by atoms with Crippen LogP contribution >= 0.6 is 0 Å². The number of carbonyl (C=O) groups excluding carboxylic acids is 2. The van der Waals surface area contributed by atoms with Crippen LogP contribution < -0.4 is 15.0 Å². The summed E-state index contributed by atoms with van der Waals surface area (Å²) < 4.78 is 5.38. The van der Waals surface area contributed by atoms with Crippen molar-refractivity contribution in [3.05, 3.63) is 23.8 Å². The van der Waals surface area contributed by atoms with Gasteiger partial charge in [-0.1, -0.05) is 0 Å². The molecule has 0 saturated carbocycles. The molecule has 1 aliphatic rings. The topological polar surface area (TPSA) is 58.6 Å². The Bertz CT molecular complexity index is 547. The Morgan fingerprint density at radius 2 is 2.10 bits per heavy atom. The Hall–Kier alpha value is -2.04. The van der Waals surface area contributed by atoms with Crippen LogP contribution in [0.15, 0.2) is 18.2 Å². The minimum atomic E-state index is -0.302. The van der Waals surface area contributed by atoms with Crippen molar-refractivity contribution in [3.8, 4) is 5.75 Å². The molecule has 2 rings (SSSR count). The summed E-state index contributed by atoms with van der Waals surface area (Å²) in [6.45, 7) is 8.28. The van der Waals surface area contributed by atoms with Crippen LogP contribution in [0.5, 0.6) is 5.75 Å². The molecule has 5 nitrogen and oxygen atoms in total. The van der Waals surface area contributed by atoms with Gasteiger partial charge in [0.2, 0.25) is 0 Å². The second kappa shape index (κ2) is 5.15. The van der Waals surface area contributed by atoms with Crippen molar-refractivity contribution in [2.75, 3.05) is 18.1 Å². The van der Waals surface area contributed by atoms with Crippen LogP contribution in [0.1, 0.15) is 38.1 Å². The van der Waals surface area contributed by atoms with Gasteiger partial charge in [-0.25, -0.2) is 0 Å². The molecular weight excluding hydrogens is 256 g/mol. The van der Waals surface area contributed by atoms with E-state index >= 15 is 0 Å². The zero-order chi connectivity index (χ0) is 14.9. The molecule has 108 valence electrons. The molecule has 0 saturated heterocycles. The summed E-state index contributed by atoms with van der Waals surface area (Å²) in [5, 5.41) is 2.90. The summed E-state index contributed by atoms with van der Waals surface area (Å²) >= 11 is 0. The van der Waals surface area contributed by atoms with Gasteiger partial charge >= 0.3 is 0 Å². The number of rotatable bonds is 2. The smallest absolute Gasteiger partial charge is 0.265 e. The molecule has 5 heteroatoms. The monoisotopic (exact) mass is 276 g/mol. The maximum absolute atomic E-state index is 12.2. The number of ether oxygens (including phenoxy) is 1. The lowest BCUT2D eigenvalue weighted by Crippen LogP contribution is -2.41. The highest BCUT2D eigenvalue weighted by Crippen LogP contribution is 2.32. The second-order valence-corrected chi connectivity index (χ2v) is 5.81. The largest absolute Gasteiger partial charge is 0.482 e. The highest BCUT2D eigenvalue weighted by molar-refractivity contribution is 6.01. The molecule has 20 heavy (non-hydrogen) atoms. The van der Waals surface area contributed by atoms with Gasteiger partial charge in [-0.2, -0.15) is 0 Å². The predicted molar refractivity (Wildman–Crippen MR) is 77.2 cm³/mol. The van der Waals surface area contributed by atoms with Crippen LogP contribution in [-0.2, 0) is 4.79 Å². The van der Waals surface area contributed by atoms with Crippen LogP contribution in [0.3, 0.4) is 0 Å². The van der Waals surface area contributed by atoms with E-state index in [4.69, 9.17) is 4.74 Å². The van der Waals surface area contributed by atoms with Crippen LogP contribution in [0.4, 0.5) is 5.69 Å². The average molecular weight is 276 g/mol. The van der Waals surface area contributed by atoms with Crippen LogP contribution in [0, 0.1) is 0 Å². The highest BCUT2D eigenvalue weighted by Gasteiger charge is 2.25. The van der Waals surface area contributed by atoms with Crippen LogP contribution in [0.25, 0.3) is 0 Å². The van der Waals surface area contributed by atoms with Gasteiger partial charge in [-0.15, -0.1) is 0 Å². The van der Waals surface area contributed by atoms with Gasteiger partial charge in [-0.05, 0) is 45.9 Å². The summed E-state index contributed by atoms with van der Waals surface area (Å²) in [6, 6.07) is 5.16. The van der Waals surface area contributed by atoms with Gasteiger partial charge in [-0.3, -0.25) is 9.59 Å². The molecule has 0 atom stereocenters. The third-order valence-electron chi connectivity index (χ3n) is 2.97. The third kappa shape index (κ3) is 2.92. The number of amides is 2. The van der Waals surface area contributed by atoms with E-state index in [2.05, 4.69) is 5.32 Å². The van der Waals surface area contributed by atoms with Crippen molar-refractivity contribution in [3.63, 3.8) is 0 Å². The SMILES string of the molecule is CCN1C(=O)COc2ccc(C(=O)NC(C)(C)C)cc21. The van der Waals surface area contributed by atoms with Crippen molar-refractivity contribution in [1.29, 1.82) is 0 Å². The molecule has 2 amide bonds. The Balaban J connectivity index is 2.33. The molecule has 1 aromatic rings. The first-order chi connectivity index (χ1) is 9.31. The molecular formula is C15H20N2O3. The number of hydrogen-bond acceptors (Lipinski definition) is 3. The lowest BCUT2D eigenvalue weighted by Gasteiger charge is -2.29. The fraction of sp³-hybridized carbons (Fsp3) is 0.467. The van der Waals surface area contributed by atoms with E-state index in [-0.39, 0.29) is 24.0 Å². The number of anilines is 1. The Morgan fingerprint density at radius 1 is 1.40 bits per heavy atom. The fourth-order valence-corrected chi connectivity index (χ4v) is 2.10. The van der Waals surface area contributed by atoms with Crippen molar-refractivity contribution >= 4 is 17.5 Å². The molecule has 1 aliphatic heterocycles. The first-order valence-corrected chi connectivity index (χ1v) is 6.71. The van der Waals surface area contributed by atoms with Gasteiger partial charge in [0.1, 0.15) is 5.75 Å². The van der Waals surface area contributed by atoms with Crippen molar-refractivity contribution in [1.82, 2.24) is 5.32 Å². The summed E-state index contributed by atoms with van der Waals surface area (Å²) in [6.07, 6.45) is 0. The van der Waals surface area contributed by atoms with E-state index in [1.807, 2.05) is 27.7 Å². The molecule has 0 spiro atoms. The highest BCUT2D eigenvalue weighted by atomic mass is 16.5. The lowest BCUT2D eigenvalue weighted by atomic mass is 10.1. The molecule has 0 aliphatic carbocycles. The van der Waals surface area contributed by atoms with E-state index < -0.39 is 0 Å². The molecule has 0 radical (unpaired) electrons. The summed E-state index contributed by atoms with van der Waals surface area (Å²) in [7, 11) is 0. The van der Waals surface area contributed by atoms with Gasteiger partial charge in [0.25, 0.3) is 11.8 Å². The summed E-state index contributed by atoms with van der Waals surface area (Å²) in [5.41, 5.74) is 0.879. The molecule has 1 heterocycles. The number of carbonyl (C=O) groups is 2. The number of hydrogen-bond donors (Lipinski definition) is 1. The summed E-state index contributed by atoms with van der Waals surface area (Å²) in [5.74, 6) is 0.390. The first kappa shape index (κ1) is 14.4. The van der Waals surface area contributed by atoms with Crippen LogP contribution in [-0.4, -0.2) is 30.5 Å². The molecule has 0 fully saturated rings. The first-order valence-electron chi connectivity index (χ1n) is 6.71. The van der Waals surface area contributed by atoms with E-state index in [1.54, 1.807) is 23.1 Å². The number of benzene rings is 1. The van der Waals surface area contributed by atoms with Crippen LogP contribution in [0.2, 0.25) is 0 Å². The van der Waals surface area contributed by atoms with Gasteiger partial charge in [0.05, 0.1) is 5.69 Å². The number of likely N-dealkylation sites (N-methyl/N-ethyl adjacent to an activating group) is 1. The van der Waals surface area contributed by atoms with E-state index in [0.29, 0.717) is 23.5 Å². The normalized spacial score (nSPS) is 14.6. The predicted octanol–water partition coefficient (Wildman–Crippen LogP) is 1.96. The molecule has 1 N–H and O–H groups in total. The van der Waals surface area contributed by atoms with Gasteiger partial charge < -0.3 is 15.0 Å². The Kier molecular flexibility index (Phi) is 3.70. The lowest BCUT2D eigenvalue weighted by molar-refractivity contribution is -0.121. The minimum absolute atomic E-state index is 0.0500. The van der Waals surface area contributed by atoms with E-state index in [0.717, 1.165) is 0 Å². The maximum Gasteiger partial charge on any atom is 0.265 e. The second-order valence-electron chi connectivity index (χ2n) is 5.81. The van der Waals surface area contributed by atoms with Gasteiger partial charge in [0, 0.05) is 17.6 Å². The maximum atomic E-state index is 12.2. The van der Waals surface area contributed by atoms with Crippen molar-refractivity contribution in [2.24, 2.45) is 0 Å². The quantitative estimate of drug-likeness (QED) is 0.898. The number of nitrogens with zero attached hydrogens (tertiary/aromatic N) is 1. The van der Waals surface area contributed by atoms with Crippen molar-refractivity contribution < 1.29 is 14.3 Å². The molecule has 1 aromatic carbocycles. The van der Waals surface area contributed by atoms with E-state index in [9.17, 15) is 9.59 Å². The van der Waals surface area contributed by atoms with E-state index in [1.165, 1.54) is 0 Å². The zero-order valence-electron chi connectivity index (χ0n) is 12.3. The third-order valence-corrected chi connectivity index (χ3v) is 2.97. The molecule has 0 bridgehead atoms. The summed E-state index contributed by atoms with van der Waals surface area (Å²) in [4.78, 5) is 25.6. The van der Waals surface area contributed by atoms with Crippen molar-refractivity contribution in [2.45, 2.75) is 33.2 Å².